The number of rotatable bonds is 11. The molecule has 1 N–H and O–H groups in total. The summed E-state index contributed by atoms with van der Waals surface area (Å²) in [4.78, 5) is 36.1. The van der Waals surface area contributed by atoms with Crippen LogP contribution in [0.25, 0.3) is 0 Å². The fourth-order valence-corrected chi connectivity index (χ4v) is 7.36. The number of amides is 2. The monoisotopic (exact) mass is 688 g/mol. The second-order valence-electron chi connectivity index (χ2n) is 13.0. The lowest BCUT2D eigenvalue weighted by molar-refractivity contribution is 0.0977. The summed E-state index contributed by atoms with van der Waals surface area (Å²) in [5.74, 6) is 2.53. The van der Waals surface area contributed by atoms with Crippen LogP contribution < -0.4 is 38.8 Å². The van der Waals surface area contributed by atoms with Crippen LogP contribution in [0.5, 0.6) is 28.7 Å². The van der Waals surface area contributed by atoms with Gasteiger partial charge >= 0.3 is 0 Å². The number of hydrogen-bond donors (Lipinski definition) is 1. The highest BCUT2D eigenvalue weighted by atomic mass is 16.5. The third-order valence-corrected chi connectivity index (χ3v) is 9.82. The van der Waals surface area contributed by atoms with Gasteiger partial charge in [-0.2, -0.15) is 0 Å². The Kier molecular flexibility index (Phi) is 8.63. The van der Waals surface area contributed by atoms with E-state index in [4.69, 9.17) is 28.7 Å². The number of nitrogens with zero attached hydrogens (tertiary/aromatic N) is 3. The van der Waals surface area contributed by atoms with E-state index in [0.717, 1.165) is 47.5 Å². The fraction of sp³-hybridized carbons (Fsp3) is 0.325. The van der Waals surface area contributed by atoms with E-state index in [-0.39, 0.29) is 23.9 Å². The van der Waals surface area contributed by atoms with E-state index in [0.29, 0.717) is 78.3 Å². The van der Waals surface area contributed by atoms with Crippen molar-refractivity contribution in [3.8, 4) is 28.7 Å². The maximum Gasteiger partial charge on any atom is 0.261 e. The molecule has 4 heterocycles. The molecule has 4 aliphatic heterocycles. The lowest BCUT2D eigenvalue weighted by Gasteiger charge is -2.23. The van der Waals surface area contributed by atoms with Gasteiger partial charge in [0.05, 0.1) is 74.3 Å². The minimum Gasteiger partial charge on any atom is -0.494 e. The van der Waals surface area contributed by atoms with Crippen molar-refractivity contribution in [3.63, 3.8) is 0 Å². The van der Waals surface area contributed by atoms with Gasteiger partial charge in [0.25, 0.3) is 11.8 Å². The second kappa shape index (κ2) is 13.5. The lowest BCUT2D eigenvalue weighted by atomic mass is 10.1. The summed E-state index contributed by atoms with van der Waals surface area (Å²) in [5.41, 5.74) is 6.31. The molecule has 4 aromatic carbocycles. The Morgan fingerprint density at radius 1 is 0.745 bits per heavy atom. The van der Waals surface area contributed by atoms with Gasteiger partial charge in [-0.25, -0.2) is 0 Å². The Labute approximate surface area is 296 Å². The molecule has 11 heteroatoms. The summed E-state index contributed by atoms with van der Waals surface area (Å²) >= 11 is 0. The molecule has 8 rings (SSSR count). The predicted molar refractivity (Wildman–Crippen MR) is 196 cm³/mol. The quantitative estimate of drug-likeness (QED) is 0.175. The van der Waals surface area contributed by atoms with Crippen molar-refractivity contribution in [3.05, 3.63) is 89.0 Å². The smallest absolute Gasteiger partial charge is 0.261 e. The highest BCUT2D eigenvalue weighted by Crippen LogP contribution is 2.43. The van der Waals surface area contributed by atoms with Crippen molar-refractivity contribution >= 4 is 40.8 Å². The molecular weight excluding hydrogens is 648 g/mol. The van der Waals surface area contributed by atoms with Gasteiger partial charge in [0.15, 0.2) is 23.0 Å². The summed E-state index contributed by atoms with van der Waals surface area (Å²) in [6, 6.07) is 20.9. The van der Waals surface area contributed by atoms with Crippen LogP contribution in [0.3, 0.4) is 0 Å². The molecule has 0 spiro atoms. The summed E-state index contributed by atoms with van der Waals surface area (Å²) in [7, 11) is 3.13. The van der Waals surface area contributed by atoms with E-state index in [1.807, 2.05) is 52.4 Å². The highest BCUT2D eigenvalue weighted by Gasteiger charge is 2.39. The van der Waals surface area contributed by atoms with Crippen molar-refractivity contribution in [1.29, 1.82) is 0 Å². The highest BCUT2D eigenvalue weighted by molar-refractivity contribution is 6.15. The number of anilines is 3. The van der Waals surface area contributed by atoms with Crippen LogP contribution in [-0.2, 0) is 12.8 Å². The third kappa shape index (κ3) is 5.86. The summed E-state index contributed by atoms with van der Waals surface area (Å²) < 4.78 is 29.5. The van der Waals surface area contributed by atoms with Crippen LogP contribution >= 0.6 is 0 Å². The molecule has 11 nitrogen and oxygen atoms in total. The number of carbonyl (C=O) groups is 2. The van der Waals surface area contributed by atoms with Gasteiger partial charge < -0.3 is 33.9 Å². The molecular formula is C40H40N4O7. The molecule has 0 saturated heterocycles. The summed E-state index contributed by atoms with van der Waals surface area (Å²) in [5, 5.41) is 3.48. The number of para-hydroxylation sites is 1. The number of ether oxygens (including phenoxy) is 5. The number of methoxy groups -OCH3 is 2. The largest absolute Gasteiger partial charge is 0.494 e. The van der Waals surface area contributed by atoms with Gasteiger partial charge in [-0.15, -0.1) is 0 Å². The SMILES string of the molecule is CCCOc1ccc2c(c1)N1C(=O)c3cc(OC)c(OCCCOc4cc5c(cc4OC)C(=O)N4c6ccccc6C[C@H]4C=N5)cc3NC[C@@H]1C2. The summed E-state index contributed by atoms with van der Waals surface area (Å²) in [6.45, 7) is 3.97. The molecule has 4 aliphatic rings. The zero-order chi connectivity index (χ0) is 35.1. The van der Waals surface area contributed by atoms with E-state index in [1.165, 1.54) is 0 Å². The van der Waals surface area contributed by atoms with Crippen molar-refractivity contribution < 1.29 is 33.3 Å². The number of aliphatic imine (C=N–C) groups is 1. The molecule has 2 atom stereocenters. The van der Waals surface area contributed by atoms with Gasteiger partial charge in [-0.05, 0) is 48.2 Å². The topological polar surface area (TPSA) is 111 Å². The molecule has 0 radical (unpaired) electrons. The van der Waals surface area contributed by atoms with Crippen molar-refractivity contribution in [2.45, 2.75) is 44.7 Å². The zero-order valence-electron chi connectivity index (χ0n) is 28.9. The average Bonchev–Trinajstić information content (AvgIpc) is 3.64. The van der Waals surface area contributed by atoms with E-state index >= 15 is 0 Å². The molecule has 0 fully saturated rings. The van der Waals surface area contributed by atoms with E-state index in [1.54, 1.807) is 32.4 Å². The fourth-order valence-electron chi connectivity index (χ4n) is 7.36. The summed E-state index contributed by atoms with van der Waals surface area (Å²) in [6.07, 6.45) is 4.80. The number of carbonyl (C=O) groups excluding carboxylic acids is 2. The first-order valence-corrected chi connectivity index (χ1v) is 17.5. The number of hydrogen-bond acceptors (Lipinski definition) is 9. The van der Waals surface area contributed by atoms with Gasteiger partial charge in [-0.3, -0.25) is 19.5 Å². The van der Waals surface area contributed by atoms with Gasteiger partial charge in [0.1, 0.15) is 5.75 Å². The number of benzene rings is 4. The van der Waals surface area contributed by atoms with Gasteiger partial charge in [-0.1, -0.05) is 31.2 Å². The number of fused-ring (bicyclic) bond motifs is 8. The first-order valence-electron chi connectivity index (χ1n) is 17.5. The van der Waals surface area contributed by atoms with Crippen LogP contribution in [0.1, 0.15) is 51.6 Å². The van der Waals surface area contributed by atoms with E-state index < -0.39 is 0 Å². The Balaban J connectivity index is 0.932. The lowest BCUT2D eigenvalue weighted by Crippen LogP contribution is -2.39. The standard InChI is InChI=1S/C40H40N4O7/c1-4-12-49-28-11-10-25-16-27-23-42-32-21-38(36(48-3)19-30(32)40(46)44(27)34(25)17-28)51-14-7-13-50-37-20-31-29(18-35(37)47-2)39(45)43-26(22-41-31)15-24-8-5-6-9-33(24)43/h5-6,8-11,17-22,26-27,42H,4,7,12-16,23H2,1-3H3/t26-,27-/m0/s1. The Morgan fingerprint density at radius 2 is 1.47 bits per heavy atom. The molecule has 0 aliphatic carbocycles. The molecule has 0 bridgehead atoms. The van der Waals surface area contributed by atoms with Crippen molar-refractivity contribution in [1.82, 2.24) is 0 Å². The predicted octanol–water partition coefficient (Wildman–Crippen LogP) is 6.62. The van der Waals surface area contributed by atoms with Crippen LogP contribution in [0.4, 0.5) is 22.7 Å². The van der Waals surface area contributed by atoms with Crippen LogP contribution in [0.2, 0.25) is 0 Å². The molecule has 2 amide bonds. The zero-order valence-corrected chi connectivity index (χ0v) is 28.9. The molecule has 51 heavy (non-hydrogen) atoms. The van der Waals surface area contributed by atoms with Gasteiger partial charge in [0.2, 0.25) is 0 Å². The molecule has 0 saturated carbocycles. The van der Waals surface area contributed by atoms with Crippen molar-refractivity contribution in [2.24, 2.45) is 4.99 Å². The molecule has 262 valence electrons. The Hall–Kier alpha value is -5.71. The maximum atomic E-state index is 14.0. The minimum atomic E-state index is -0.138. The van der Waals surface area contributed by atoms with E-state index in [2.05, 4.69) is 24.4 Å². The first kappa shape index (κ1) is 32.5. The molecule has 4 aromatic rings. The normalized spacial score (nSPS) is 17.9. The van der Waals surface area contributed by atoms with Gasteiger partial charge in [0, 0.05) is 49.5 Å². The van der Waals surface area contributed by atoms with Crippen LogP contribution in [-0.4, -0.2) is 70.7 Å². The third-order valence-electron chi connectivity index (χ3n) is 9.82. The van der Waals surface area contributed by atoms with Crippen LogP contribution in [0, 0.1) is 0 Å². The Morgan fingerprint density at radius 3 is 2.25 bits per heavy atom. The maximum absolute atomic E-state index is 14.0. The number of nitrogens with one attached hydrogen (secondary N) is 1. The van der Waals surface area contributed by atoms with Crippen LogP contribution in [0.15, 0.2) is 71.7 Å². The molecule has 0 aromatic heterocycles. The average molecular weight is 689 g/mol. The van der Waals surface area contributed by atoms with E-state index in [9.17, 15) is 9.59 Å². The Bertz CT molecular complexity index is 2050. The molecule has 0 unspecified atom stereocenters. The second-order valence-corrected chi connectivity index (χ2v) is 13.0. The van der Waals surface area contributed by atoms with Crippen molar-refractivity contribution in [2.75, 3.05) is 55.7 Å². The minimum absolute atomic E-state index is 0.0172. The first-order chi connectivity index (χ1) is 25.0.